The molecular formula is C23H26BrNO3S. The number of hydrogen-bond acceptors (Lipinski definition) is 3. The van der Waals surface area contributed by atoms with E-state index in [-0.39, 0.29) is 10.3 Å². The second kappa shape index (κ2) is 7.17. The second-order valence-electron chi connectivity index (χ2n) is 9.03. The van der Waals surface area contributed by atoms with Crippen molar-refractivity contribution in [2.75, 3.05) is 4.72 Å². The molecule has 0 bridgehead atoms. The summed E-state index contributed by atoms with van der Waals surface area (Å²) in [7, 11) is -3.66. The summed E-state index contributed by atoms with van der Waals surface area (Å²) >= 11 is 3.34. The molecule has 3 aromatic rings. The van der Waals surface area contributed by atoms with Crippen molar-refractivity contribution in [1.82, 2.24) is 0 Å². The third-order valence-electron chi connectivity index (χ3n) is 5.98. The molecule has 1 N–H and O–H groups in total. The van der Waals surface area contributed by atoms with E-state index in [1.807, 2.05) is 19.1 Å². The average Bonchev–Trinajstić information content (AvgIpc) is 2.98. The van der Waals surface area contributed by atoms with Crippen LogP contribution in [-0.4, -0.2) is 8.42 Å². The number of sulfonamides is 1. The van der Waals surface area contributed by atoms with Crippen LogP contribution in [0.1, 0.15) is 44.1 Å². The molecule has 4 rings (SSSR count). The molecule has 0 fully saturated rings. The molecule has 0 radical (unpaired) electrons. The van der Waals surface area contributed by atoms with Gasteiger partial charge in [0.25, 0.3) is 10.0 Å². The maximum absolute atomic E-state index is 12.9. The molecule has 0 saturated heterocycles. The molecule has 0 aliphatic heterocycles. The Morgan fingerprint density at radius 2 is 1.83 bits per heavy atom. The van der Waals surface area contributed by atoms with Gasteiger partial charge in [-0.1, -0.05) is 36.7 Å². The highest BCUT2D eigenvalue weighted by Crippen LogP contribution is 2.42. The highest BCUT2D eigenvalue weighted by Gasteiger charge is 2.32. The topological polar surface area (TPSA) is 59.3 Å². The molecule has 1 aliphatic rings. The summed E-state index contributed by atoms with van der Waals surface area (Å²) in [5.41, 5.74) is 3.75. The van der Waals surface area contributed by atoms with Gasteiger partial charge in [0.1, 0.15) is 11.3 Å². The Labute approximate surface area is 180 Å². The molecule has 0 amide bonds. The molecule has 1 aromatic heterocycles. The monoisotopic (exact) mass is 475 g/mol. The third-order valence-corrected chi connectivity index (χ3v) is 7.89. The fourth-order valence-corrected chi connectivity index (χ4v) is 5.48. The molecule has 154 valence electrons. The molecule has 0 saturated carbocycles. The van der Waals surface area contributed by atoms with Gasteiger partial charge in [-0.15, -0.1) is 0 Å². The molecule has 1 atom stereocenters. The van der Waals surface area contributed by atoms with Crippen LogP contribution in [0.2, 0.25) is 0 Å². The van der Waals surface area contributed by atoms with E-state index in [4.69, 9.17) is 4.42 Å². The van der Waals surface area contributed by atoms with E-state index < -0.39 is 10.0 Å². The van der Waals surface area contributed by atoms with E-state index >= 15 is 0 Å². The second-order valence-corrected chi connectivity index (χ2v) is 11.6. The fraction of sp³-hybridized carbons (Fsp3) is 0.391. The standard InChI is InChI=1S/C23H26BrNO3S/c1-14-11-22-19(18-12-15(23(2,3)4)5-10-21(18)28-22)13-20(14)25-29(26,27)17-8-6-16(24)7-9-17/h6-9,11,13,15,25H,5,10,12H2,1-4H3/t15-/m1/s1. The number of nitrogens with one attached hydrogen (secondary N) is 1. The summed E-state index contributed by atoms with van der Waals surface area (Å²) in [6.07, 6.45) is 3.02. The van der Waals surface area contributed by atoms with Gasteiger partial charge in [-0.3, -0.25) is 4.72 Å². The van der Waals surface area contributed by atoms with Crippen molar-refractivity contribution in [2.24, 2.45) is 11.3 Å². The number of halogens is 1. The molecule has 1 aliphatic carbocycles. The fourth-order valence-electron chi connectivity index (χ4n) is 4.09. The smallest absolute Gasteiger partial charge is 0.261 e. The molecule has 29 heavy (non-hydrogen) atoms. The van der Waals surface area contributed by atoms with Gasteiger partial charge in [0.05, 0.1) is 10.6 Å². The van der Waals surface area contributed by atoms with Crippen molar-refractivity contribution in [3.05, 3.63) is 57.8 Å². The lowest BCUT2D eigenvalue weighted by Gasteiger charge is -2.33. The summed E-state index contributed by atoms with van der Waals surface area (Å²) in [6.45, 7) is 8.75. The number of rotatable bonds is 3. The van der Waals surface area contributed by atoms with Crippen LogP contribution in [0.5, 0.6) is 0 Å². The number of fused-ring (bicyclic) bond motifs is 3. The Morgan fingerprint density at radius 1 is 1.14 bits per heavy atom. The van der Waals surface area contributed by atoms with Gasteiger partial charge >= 0.3 is 0 Å². The van der Waals surface area contributed by atoms with Crippen LogP contribution < -0.4 is 4.72 Å². The Balaban J connectivity index is 1.73. The maximum atomic E-state index is 12.9. The first-order valence-corrected chi connectivity index (χ1v) is 12.2. The predicted molar refractivity (Wildman–Crippen MR) is 121 cm³/mol. The number of aryl methyl sites for hydroxylation is 2. The van der Waals surface area contributed by atoms with Crippen LogP contribution in [0.25, 0.3) is 11.0 Å². The lowest BCUT2D eigenvalue weighted by atomic mass is 9.71. The zero-order valence-corrected chi connectivity index (χ0v) is 19.6. The lowest BCUT2D eigenvalue weighted by molar-refractivity contribution is 0.210. The summed E-state index contributed by atoms with van der Waals surface area (Å²) in [4.78, 5) is 0.238. The minimum Gasteiger partial charge on any atom is -0.461 e. The number of anilines is 1. The zero-order valence-electron chi connectivity index (χ0n) is 17.2. The van der Waals surface area contributed by atoms with E-state index in [1.165, 1.54) is 5.56 Å². The van der Waals surface area contributed by atoms with Crippen LogP contribution in [0.3, 0.4) is 0 Å². The van der Waals surface area contributed by atoms with Crippen molar-refractivity contribution >= 4 is 42.6 Å². The first-order valence-electron chi connectivity index (χ1n) is 9.88. The molecule has 1 heterocycles. The van der Waals surface area contributed by atoms with Crippen LogP contribution in [0, 0.1) is 18.3 Å². The Hall–Kier alpha value is -1.79. The molecular weight excluding hydrogens is 450 g/mol. The highest BCUT2D eigenvalue weighted by atomic mass is 79.9. The van der Waals surface area contributed by atoms with Crippen LogP contribution in [-0.2, 0) is 22.9 Å². The van der Waals surface area contributed by atoms with Crippen molar-refractivity contribution in [3.63, 3.8) is 0 Å². The van der Waals surface area contributed by atoms with Gasteiger partial charge in [0.2, 0.25) is 0 Å². The zero-order chi connectivity index (χ0) is 21.0. The Kier molecular flexibility index (Phi) is 5.06. The van der Waals surface area contributed by atoms with Gasteiger partial charge in [0, 0.05) is 21.8 Å². The van der Waals surface area contributed by atoms with Crippen molar-refractivity contribution in [2.45, 2.75) is 51.9 Å². The minimum atomic E-state index is -3.66. The summed E-state index contributed by atoms with van der Waals surface area (Å²) in [5, 5.41) is 1.02. The quantitative estimate of drug-likeness (QED) is 0.472. The lowest BCUT2D eigenvalue weighted by Crippen LogP contribution is -2.26. The van der Waals surface area contributed by atoms with Gasteiger partial charge in [-0.25, -0.2) is 8.42 Å². The Bertz CT molecular complexity index is 1170. The molecule has 2 aromatic carbocycles. The van der Waals surface area contributed by atoms with Gasteiger partial charge in [0.15, 0.2) is 0 Å². The van der Waals surface area contributed by atoms with Crippen molar-refractivity contribution in [1.29, 1.82) is 0 Å². The molecule has 6 heteroatoms. The summed E-state index contributed by atoms with van der Waals surface area (Å²) < 4.78 is 35.5. The highest BCUT2D eigenvalue weighted by molar-refractivity contribution is 9.10. The normalized spacial score (nSPS) is 17.3. The number of hydrogen-bond donors (Lipinski definition) is 1. The minimum absolute atomic E-state index is 0.234. The van der Waals surface area contributed by atoms with E-state index in [0.717, 1.165) is 46.0 Å². The van der Waals surface area contributed by atoms with Crippen LogP contribution in [0.4, 0.5) is 5.69 Å². The summed E-state index contributed by atoms with van der Waals surface area (Å²) in [5.74, 6) is 1.63. The number of benzene rings is 2. The summed E-state index contributed by atoms with van der Waals surface area (Å²) in [6, 6.07) is 10.5. The Morgan fingerprint density at radius 3 is 2.48 bits per heavy atom. The molecule has 0 unspecified atom stereocenters. The number of furan rings is 1. The van der Waals surface area contributed by atoms with E-state index in [9.17, 15) is 8.42 Å². The molecule has 0 spiro atoms. The third kappa shape index (κ3) is 3.97. The maximum Gasteiger partial charge on any atom is 0.261 e. The van der Waals surface area contributed by atoms with E-state index in [0.29, 0.717) is 11.6 Å². The van der Waals surface area contributed by atoms with E-state index in [1.54, 1.807) is 24.3 Å². The molecule has 4 nitrogen and oxygen atoms in total. The average molecular weight is 476 g/mol. The van der Waals surface area contributed by atoms with Crippen LogP contribution >= 0.6 is 15.9 Å². The first kappa shape index (κ1) is 20.5. The largest absolute Gasteiger partial charge is 0.461 e. The van der Waals surface area contributed by atoms with Gasteiger partial charge in [-0.2, -0.15) is 0 Å². The van der Waals surface area contributed by atoms with Gasteiger partial charge in [-0.05, 0) is 73.1 Å². The SMILES string of the molecule is Cc1cc2oc3c(c2cc1NS(=O)(=O)c1ccc(Br)cc1)C[C@H](C(C)(C)C)CC3. The van der Waals surface area contributed by atoms with Crippen molar-refractivity contribution < 1.29 is 12.8 Å². The predicted octanol–water partition coefficient (Wildman–Crippen LogP) is 6.46. The van der Waals surface area contributed by atoms with Gasteiger partial charge < -0.3 is 4.42 Å². The van der Waals surface area contributed by atoms with Crippen LogP contribution in [0.15, 0.2) is 50.2 Å². The first-order chi connectivity index (χ1) is 13.5. The van der Waals surface area contributed by atoms with Crippen molar-refractivity contribution in [3.8, 4) is 0 Å². The van der Waals surface area contributed by atoms with E-state index in [2.05, 4.69) is 41.4 Å².